The van der Waals surface area contributed by atoms with Crippen LogP contribution in [0.5, 0.6) is 0 Å². The van der Waals surface area contributed by atoms with Crippen molar-refractivity contribution in [2.75, 3.05) is 23.7 Å². The Morgan fingerprint density at radius 1 is 0.778 bits per heavy atom. The smallest absolute Gasteiger partial charge is 0.214 e. The molecule has 4 nitrogen and oxygen atoms in total. The number of pyridine rings is 2. The van der Waals surface area contributed by atoms with E-state index in [1.165, 1.54) is 12.1 Å². The monoisotopic (exact) mass is 250 g/mol. The van der Waals surface area contributed by atoms with Gasteiger partial charge in [-0.15, -0.1) is 0 Å². The standard InChI is InChI=1S/C12H12F2N4/c13-9-3-1-5-11(17-9)15-7-8-16-12-6-2-4-10(14)18-12/h1-6H,7-8H2,(H,15,17)(H,16,18). The Hall–Kier alpha value is -2.24. The van der Waals surface area contributed by atoms with E-state index < -0.39 is 11.9 Å². The summed E-state index contributed by atoms with van der Waals surface area (Å²) in [6, 6.07) is 9.05. The van der Waals surface area contributed by atoms with Crippen LogP contribution < -0.4 is 10.6 Å². The van der Waals surface area contributed by atoms with Crippen molar-refractivity contribution >= 4 is 11.6 Å². The van der Waals surface area contributed by atoms with E-state index in [4.69, 9.17) is 0 Å². The first kappa shape index (κ1) is 12.2. The summed E-state index contributed by atoms with van der Waals surface area (Å²) < 4.78 is 25.5. The second-order valence-electron chi connectivity index (χ2n) is 3.54. The first-order valence-corrected chi connectivity index (χ1v) is 5.47. The number of anilines is 2. The maximum absolute atomic E-state index is 12.8. The van der Waals surface area contributed by atoms with E-state index in [9.17, 15) is 8.78 Å². The molecule has 2 heterocycles. The van der Waals surface area contributed by atoms with Gasteiger partial charge in [-0.05, 0) is 24.3 Å². The quantitative estimate of drug-likeness (QED) is 0.631. The molecule has 0 unspecified atom stereocenters. The lowest BCUT2D eigenvalue weighted by atomic mass is 10.4. The lowest BCUT2D eigenvalue weighted by molar-refractivity contribution is 0.584. The molecular formula is C12H12F2N4. The second kappa shape index (κ2) is 5.90. The van der Waals surface area contributed by atoms with Gasteiger partial charge in [0.2, 0.25) is 11.9 Å². The summed E-state index contributed by atoms with van der Waals surface area (Å²) in [5.74, 6) is -0.132. The molecule has 0 spiro atoms. The van der Waals surface area contributed by atoms with E-state index in [2.05, 4.69) is 20.6 Å². The number of rotatable bonds is 5. The van der Waals surface area contributed by atoms with Crippen LogP contribution in [0.15, 0.2) is 36.4 Å². The molecule has 0 aliphatic rings. The number of aromatic nitrogens is 2. The van der Waals surface area contributed by atoms with Crippen LogP contribution in [0.2, 0.25) is 0 Å². The average Bonchev–Trinajstić information content (AvgIpc) is 2.35. The summed E-state index contributed by atoms with van der Waals surface area (Å²) in [5, 5.41) is 5.87. The van der Waals surface area contributed by atoms with Crippen molar-refractivity contribution in [3.63, 3.8) is 0 Å². The summed E-state index contributed by atoms with van der Waals surface area (Å²) in [6.45, 7) is 1.04. The van der Waals surface area contributed by atoms with Gasteiger partial charge in [-0.25, -0.2) is 9.97 Å². The SMILES string of the molecule is Fc1cccc(NCCNc2cccc(F)n2)n1. The molecule has 0 aliphatic carbocycles. The first-order chi connectivity index (χ1) is 8.74. The second-order valence-corrected chi connectivity index (χ2v) is 3.54. The zero-order valence-corrected chi connectivity index (χ0v) is 9.53. The van der Waals surface area contributed by atoms with Crippen LogP contribution in [0.4, 0.5) is 20.4 Å². The number of nitrogens with one attached hydrogen (secondary N) is 2. The van der Waals surface area contributed by atoms with Crippen LogP contribution in [0.1, 0.15) is 0 Å². The van der Waals surface area contributed by atoms with Gasteiger partial charge in [0.25, 0.3) is 0 Å². The van der Waals surface area contributed by atoms with E-state index in [1.54, 1.807) is 24.3 Å². The molecule has 0 radical (unpaired) electrons. The van der Waals surface area contributed by atoms with Gasteiger partial charge in [-0.2, -0.15) is 8.78 Å². The predicted octanol–water partition coefficient (Wildman–Crippen LogP) is 2.28. The van der Waals surface area contributed by atoms with Crippen LogP contribution in [-0.2, 0) is 0 Å². The number of hydrogen-bond donors (Lipinski definition) is 2. The van der Waals surface area contributed by atoms with Gasteiger partial charge < -0.3 is 10.6 Å². The van der Waals surface area contributed by atoms with Gasteiger partial charge in [0, 0.05) is 13.1 Å². The molecular weight excluding hydrogens is 238 g/mol. The van der Waals surface area contributed by atoms with E-state index in [0.29, 0.717) is 24.7 Å². The third kappa shape index (κ3) is 3.65. The van der Waals surface area contributed by atoms with E-state index >= 15 is 0 Å². The number of hydrogen-bond acceptors (Lipinski definition) is 4. The van der Waals surface area contributed by atoms with E-state index in [1.807, 2.05) is 0 Å². The van der Waals surface area contributed by atoms with Gasteiger partial charge >= 0.3 is 0 Å². The van der Waals surface area contributed by atoms with Crippen LogP contribution in [0, 0.1) is 11.9 Å². The van der Waals surface area contributed by atoms with Gasteiger partial charge in [-0.1, -0.05) is 12.1 Å². The highest BCUT2D eigenvalue weighted by Crippen LogP contribution is 2.04. The van der Waals surface area contributed by atoms with Gasteiger partial charge in [-0.3, -0.25) is 0 Å². The molecule has 0 fully saturated rings. The Morgan fingerprint density at radius 3 is 1.61 bits per heavy atom. The maximum Gasteiger partial charge on any atom is 0.214 e. The molecule has 0 bridgehead atoms. The van der Waals surface area contributed by atoms with Crippen molar-refractivity contribution in [1.82, 2.24) is 9.97 Å². The van der Waals surface area contributed by atoms with Crippen molar-refractivity contribution in [3.8, 4) is 0 Å². The molecule has 2 rings (SSSR count). The third-order valence-electron chi connectivity index (χ3n) is 2.17. The zero-order chi connectivity index (χ0) is 12.8. The van der Waals surface area contributed by atoms with Crippen molar-refractivity contribution < 1.29 is 8.78 Å². The minimum atomic E-state index is -0.528. The third-order valence-corrected chi connectivity index (χ3v) is 2.17. The minimum absolute atomic E-state index is 0.462. The molecule has 0 saturated heterocycles. The van der Waals surface area contributed by atoms with Crippen molar-refractivity contribution in [3.05, 3.63) is 48.3 Å². The summed E-state index contributed by atoms with van der Waals surface area (Å²) in [7, 11) is 0. The van der Waals surface area contributed by atoms with Crippen molar-refractivity contribution in [2.45, 2.75) is 0 Å². The molecule has 18 heavy (non-hydrogen) atoms. The fourth-order valence-electron chi connectivity index (χ4n) is 1.39. The Morgan fingerprint density at radius 2 is 1.22 bits per heavy atom. The van der Waals surface area contributed by atoms with Gasteiger partial charge in [0.05, 0.1) is 0 Å². The Bertz CT molecular complexity index is 471. The Kier molecular flexibility index (Phi) is 4.01. The molecule has 2 N–H and O–H groups in total. The van der Waals surface area contributed by atoms with Gasteiger partial charge in [0.1, 0.15) is 11.6 Å². The van der Waals surface area contributed by atoms with Crippen LogP contribution in [0.25, 0.3) is 0 Å². The Balaban J connectivity index is 1.76. The molecule has 2 aromatic heterocycles. The predicted molar refractivity (Wildman–Crippen MR) is 65.4 cm³/mol. The molecule has 2 aromatic rings. The number of nitrogens with zero attached hydrogens (tertiary/aromatic N) is 2. The lowest BCUT2D eigenvalue weighted by Crippen LogP contribution is -2.15. The van der Waals surface area contributed by atoms with Crippen LogP contribution >= 0.6 is 0 Å². The molecule has 0 aliphatic heterocycles. The summed E-state index contributed by atoms with van der Waals surface area (Å²) in [5.41, 5.74) is 0. The van der Waals surface area contributed by atoms with Gasteiger partial charge in [0.15, 0.2) is 0 Å². The fraction of sp³-hybridized carbons (Fsp3) is 0.167. The molecule has 0 saturated carbocycles. The van der Waals surface area contributed by atoms with E-state index in [-0.39, 0.29) is 0 Å². The first-order valence-electron chi connectivity index (χ1n) is 5.47. The number of halogens is 2. The van der Waals surface area contributed by atoms with Crippen LogP contribution in [0.3, 0.4) is 0 Å². The molecule has 0 aromatic carbocycles. The highest BCUT2D eigenvalue weighted by Gasteiger charge is 1.97. The average molecular weight is 250 g/mol. The van der Waals surface area contributed by atoms with Crippen LogP contribution in [-0.4, -0.2) is 23.1 Å². The lowest BCUT2D eigenvalue weighted by Gasteiger charge is -2.07. The fourth-order valence-corrected chi connectivity index (χ4v) is 1.39. The molecule has 94 valence electrons. The Labute approximate surface area is 103 Å². The molecule has 0 atom stereocenters. The van der Waals surface area contributed by atoms with Crippen molar-refractivity contribution in [1.29, 1.82) is 0 Å². The van der Waals surface area contributed by atoms with Crippen molar-refractivity contribution in [2.24, 2.45) is 0 Å². The topological polar surface area (TPSA) is 49.8 Å². The highest BCUT2D eigenvalue weighted by atomic mass is 19.1. The molecule has 6 heteroatoms. The zero-order valence-electron chi connectivity index (χ0n) is 9.53. The van der Waals surface area contributed by atoms with E-state index in [0.717, 1.165) is 0 Å². The largest absolute Gasteiger partial charge is 0.368 e. The normalized spacial score (nSPS) is 10.1. The summed E-state index contributed by atoms with van der Waals surface area (Å²) in [4.78, 5) is 7.30. The summed E-state index contributed by atoms with van der Waals surface area (Å²) in [6.07, 6.45) is 0. The maximum atomic E-state index is 12.8. The highest BCUT2D eigenvalue weighted by molar-refractivity contribution is 5.36. The molecule has 0 amide bonds. The minimum Gasteiger partial charge on any atom is -0.368 e. The summed E-state index contributed by atoms with van der Waals surface area (Å²) >= 11 is 0.